The summed E-state index contributed by atoms with van der Waals surface area (Å²) in [5.74, 6) is 0. The Hall–Kier alpha value is -1.12. The quantitative estimate of drug-likeness (QED) is 0.184. The van der Waals surface area contributed by atoms with Gasteiger partial charge in [-0.3, -0.25) is 19.1 Å². The Morgan fingerprint density at radius 1 is 0.861 bits per heavy atom. The van der Waals surface area contributed by atoms with E-state index in [2.05, 4.69) is 86.2 Å². The molecule has 0 aromatic carbocycles. The third kappa shape index (κ3) is 7.47. The SMILES string of the molecule is CCC(CC)n1c(=O)[nH]c2ncc(Br)nc21.CCC(CC)n1c(=O)[nH]c2ncc(SC)nc21.C[S-].[Na+]. The van der Waals surface area contributed by atoms with Crippen LogP contribution in [0.25, 0.3) is 22.6 Å². The topological polar surface area (TPSA) is 127 Å². The van der Waals surface area contributed by atoms with Crippen LogP contribution >= 0.6 is 27.7 Å². The first-order valence-corrected chi connectivity index (χ1v) is 14.3. The van der Waals surface area contributed by atoms with E-state index in [1.807, 2.05) is 6.26 Å². The van der Waals surface area contributed by atoms with Gasteiger partial charge in [-0.1, -0.05) is 27.7 Å². The number of rotatable bonds is 7. The number of aromatic amines is 2. The van der Waals surface area contributed by atoms with Crippen molar-refractivity contribution in [2.24, 2.45) is 0 Å². The molecule has 4 rings (SSSR count). The minimum Gasteiger partial charge on any atom is -0.796 e. The van der Waals surface area contributed by atoms with Crippen molar-refractivity contribution in [1.29, 1.82) is 0 Å². The summed E-state index contributed by atoms with van der Waals surface area (Å²) in [6.45, 7) is 8.27. The molecule has 36 heavy (non-hydrogen) atoms. The molecule has 4 aromatic rings. The predicted molar refractivity (Wildman–Crippen MR) is 148 cm³/mol. The van der Waals surface area contributed by atoms with Gasteiger partial charge in [0.1, 0.15) is 9.63 Å². The van der Waals surface area contributed by atoms with Crippen LogP contribution in [0.2, 0.25) is 0 Å². The standard InChI is InChI=1S/C11H16N4OS.C10H13BrN4O.CH4S.Na/c1-4-7(5-2)15-10-9(14-11(15)16)12-6-8(13-10)17-3;1-3-6(4-2)15-9-8(14-10(15)16)12-5-7(11)13-9;1-2;/h6-7H,4-5H2,1-3H3,(H,12,14,16);5-6H,3-4H2,1-2H3,(H,12,14,16);2H,1H3;/q;;;+1/p-1. The van der Waals surface area contributed by atoms with Gasteiger partial charge in [-0.25, -0.2) is 29.5 Å². The van der Waals surface area contributed by atoms with Crippen LogP contribution in [0.5, 0.6) is 0 Å². The first-order chi connectivity index (χ1) is 16.9. The van der Waals surface area contributed by atoms with Crippen molar-refractivity contribution in [3.63, 3.8) is 0 Å². The second-order valence-corrected chi connectivity index (χ2v) is 9.13. The minimum atomic E-state index is -0.137. The molecule has 0 unspecified atom stereocenters. The molecule has 0 saturated heterocycles. The molecule has 4 heterocycles. The second kappa shape index (κ2) is 16.0. The zero-order valence-electron chi connectivity index (χ0n) is 21.8. The summed E-state index contributed by atoms with van der Waals surface area (Å²) in [7, 11) is 0. The van der Waals surface area contributed by atoms with Crippen molar-refractivity contribution < 1.29 is 29.6 Å². The first-order valence-electron chi connectivity index (χ1n) is 11.4. The van der Waals surface area contributed by atoms with Crippen LogP contribution in [0.15, 0.2) is 31.6 Å². The predicted octanol–water partition coefficient (Wildman–Crippen LogP) is 1.61. The molecule has 0 spiro atoms. The Labute approximate surface area is 250 Å². The number of hydrogen-bond acceptors (Lipinski definition) is 8. The first kappa shape index (κ1) is 32.9. The van der Waals surface area contributed by atoms with Crippen LogP contribution in [0.1, 0.15) is 65.5 Å². The fraction of sp³-hybridized carbons (Fsp3) is 0.545. The molecule has 0 aliphatic heterocycles. The van der Waals surface area contributed by atoms with Crippen LogP contribution < -0.4 is 40.9 Å². The molecule has 192 valence electrons. The van der Waals surface area contributed by atoms with Gasteiger partial charge in [0, 0.05) is 12.1 Å². The summed E-state index contributed by atoms with van der Waals surface area (Å²) in [5.41, 5.74) is 2.14. The van der Waals surface area contributed by atoms with Gasteiger partial charge in [0.15, 0.2) is 22.6 Å². The van der Waals surface area contributed by atoms with E-state index in [0.717, 1.165) is 30.7 Å². The van der Waals surface area contributed by atoms with Crippen molar-refractivity contribution in [2.45, 2.75) is 70.5 Å². The Kier molecular flexibility index (Phi) is 14.6. The molecule has 0 saturated carbocycles. The van der Waals surface area contributed by atoms with E-state index < -0.39 is 0 Å². The van der Waals surface area contributed by atoms with Crippen LogP contribution in [-0.2, 0) is 12.6 Å². The van der Waals surface area contributed by atoms with E-state index in [4.69, 9.17) is 0 Å². The van der Waals surface area contributed by atoms with Gasteiger partial charge >= 0.3 is 40.9 Å². The molecule has 14 heteroatoms. The fourth-order valence-corrected chi connectivity index (χ4v) is 4.44. The normalized spacial score (nSPS) is 10.7. The molecule has 0 fully saturated rings. The van der Waals surface area contributed by atoms with Gasteiger partial charge < -0.3 is 12.6 Å². The third-order valence-corrected chi connectivity index (χ3v) is 6.62. The monoisotopic (exact) mass is 606 g/mol. The molecule has 0 aliphatic carbocycles. The Morgan fingerprint density at radius 2 is 1.28 bits per heavy atom. The number of nitrogens with zero attached hydrogens (tertiary/aromatic N) is 6. The maximum absolute atomic E-state index is 11.9. The fourth-order valence-electron chi connectivity index (χ4n) is 3.83. The molecule has 0 amide bonds. The summed E-state index contributed by atoms with van der Waals surface area (Å²) in [4.78, 5) is 46.3. The van der Waals surface area contributed by atoms with E-state index in [9.17, 15) is 9.59 Å². The van der Waals surface area contributed by atoms with E-state index in [0.29, 0.717) is 27.2 Å². The van der Waals surface area contributed by atoms with Crippen LogP contribution in [0.3, 0.4) is 0 Å². The molecule has 4 aromatic heterocycles. The molecular formula is C22H32BrN8NaO2S2. The number of H-pyrrole nitrogens is 2. The number of halogens is 1. The number of hydrogen-bond donors (Lipinski definition) is 2. The maximum Gasteiger partial charge on any atom is 1.00 e. The minimum absolute atomic E-state index is 0. The van der Waals surface area contributed by atoms with Crippen molar-refractivity contribution >= 4 is 62.9 Å². The van der Waals surface area contributed by atoms with Gasteiger partial charge in [0.25, 0.3) is 0 Å². The summed E-state index contributed by atoms with van der Waals surface area (Å²) < 4.78 is 4.05. The summed E-state index contributed by atoms with van der Waals surface area (Å²) in [5, 5.41) is 0.830. The molecule has 2 N–H and O–H groups in total. The zero-order valence-corrected chi connectivity index (χ0v) is 27.1. The van der Waals surface area contributed by atoms with Crippen molar-refractivity contribution in [3.05, 3.63) is 38.0 Å². The maximum atomic E-state index is 11.9. The average Bonchev–Trinajstić information content (AvgIpc) is 3.37. The van der Waals surface area contributed by atoms with Crippen molar-refractivity contribution in [1.82, 2.24) is 39.0 Å². The molecule has 0 aliphatic rings. The van der Waals surface area contributed by atoms with Gasteiger partial charge in [-0.15, -0.1) is 11.8 Å². The molecule has 0 radical (unpaired) electrons. The van der Waals surface area contributed by atoms with Gasteiger partial charge in [0.05, 0.1) is 12.4 Å². The van der Waals surface area contributed by atoms with Crippen LogP contribution in [0.4, 0.5) is 0 Å². The van der Waals surface area contributed by atoms with E-state index in [-0.39, 0.29) is 53.0 Å². The third-order valence-electron chi connectivity index (χ3n) is 5.63. The van der Waals surface area contributed by atoms with Gasteiger partial charge in [-0.05, 0) is 47.9 Å². The largest absolute Gasteiger partial charge is 1.00 e. The smallest absolute Gasteiger partial charge is 0.796 e. The second-order valence-electron chi connectivity index (χ2n) is 7.49. The number of thioether (sulfide) groups is 1. The Balaban J connectivity index is 0.000000329. The van der Waals surface area contributed by atoms with Crippen LogP contribution in [0, 0.1) is 0 Å². The molecular weight excluding hydrogens is 575 g/mol. The molecule has 0 atom stereocenters. The Bertz CT molecular complexity index is 1350. The van der Waals surface area contributed by atoms with E-state index >= 15 is 0 Å². The zero-order chi connectivity index (χ0) is 26.1. The van der Waals surface area contributed by atoms with Crippen LogP contribution in [-0.4, -0.2) is 51.5 Å². The number of fused-ring (bicyclic) bond motifs is 2. The molecule has 10 nitrogen and oxygen atoms in total. The summed E-state index contributed by atoms with van der Waals surface area (Å²) in [6, 6.07) is 0.354. The number of aromatic nitrogens is 8. The summed E-state index contributed by atoms with van der Waals surface area (Å²) >= 11 is 8.87. The van der Waals surface area contributed by atoms with Crippen molar-refractivity contribution in [3.8, 4) is 0 Å². The van der Waals surface area contributed by atoms with Gasteiger partial charge in [0.2, 0.25) is 0 Å². The molecule has 0 bridgehead atoms. The Morgan fingerprint density at radius 3 is 1.69 bits per heavy atom. The van der Waals surface area contributed by atoms with E-state index in [1.165, 1.54) is 11.8 Å². The van der Waals surface area contributed by atoms with E-state index in [1.54, 1.807) is 27.8 Å². The van der Waals surface area contributed by atoms with Crippen molar-refractivity contribution in [2.75, 3.05) is 12.5 Å². The van der Waals surface area contributed by atoms with Gasteiger partial charge in [-0.2, -0.15) is 6.26 Å². The number of imidazole rings is 2. The summed E-state index contributed by atoms with van der Waals surface area (Å²) in [6.07, 6.45) is 10.4. The number of nitrogens with one attached hydrogen (secondary N) is 2. The average molecular weight is 608 g/mol.